The van der Waals surface area contributed by atoms with Crippen molar-refractivity contribution in [2.45, 2.75) is 6.61 Å². The second-order valence-electron chi connectivity index (χ2n) is 3.82. The molecule has 4 nitrogen and oxygen atoms in total. The second kappa shape index (κ2) is 4.62. The van der Waals surface area contributed by atoms with Crippen molar-refractivity contribution < 1.29 is 4.74 Å². The maximum Gasteiger partial charge on any atom is 0.182 e. The molecule has 0 aliphatic carbocycles. The Morgan fingerprint density at radius 1 is 1.22 bits per heavy atom. The largest absolute Gasteiger partial charge is 0.487 e. The number of fused-ring (bicyclic) bond motifs is 1. The molecule has 0 amide bonds. The van der Waals surface area contributed by atoms with E-state index in [1.165, 1.54) is 11.3 Å². The molecule has 0 bridgehead atoms. The molecule has 5 heteroatoms. The van der Waals surface area contributed by atoms with E-state index in [2.05, 4.69) is 9.97 Å². The fourth-order valence-electron chi connectivity index (χ4n) is 1.64. The monoisotopic (exact) mass is 257 g/mol. The van der Waals surface area contributed by atoms with Gasteiger partial charge in [-0.05, 0) is 5.56 Å². The summed E-state index contributed by atoms with van der Waals surface area (Å²) >= 11 is 1.41. The summed E-state index contributed by atoms with van der Waals surface area (Å²) in [6.07, 6.45) is 1.67. The Bertz CT molecular complexity index is 666. The SMILES string of the molecule is Nc1nc2ncc(OCc3ccccc3)cc2s1. The van der Waals surface area contributed by atoms with Gasteiger partial charge in [0.15, 0.2) is 10.8 Å². The van der Waals surface area contributed by atoms with E-state index >= 15 is 0 Å². The number of nitrogen functional groups attached to an aromatic ring is 1. The zero-order valence-corrected chi connectivity index (χ0v) is 10.4. The first-order valence-corrected chi connectivity index (χ1v) is 6.32. The van der Waals surface area contributed by atoms with Gasteiger partial charge in [-0.3, -0.25) is 0 Å². The summed E-state index contributed by atoms with van der Waals surface area (Å²) in [5.74, 6) is 0.731. The molecule has 0 aliphatic rings. The number of benzene rings is 1. The number of nitrogens with two attached hydrogens (primary N) is 1. The van der Waals surface area contributed by atoms with E-state index in [9.17, 15) is 0 Å². The molecule has 3 aromatic rings. The molecule has 0 saturated heterocycles. The lowest BCUT2D eigenvalue weighted by Crippen LogP contribution is -1.95. The van der Waals surface area contributed by atoms with Gasteiger partial charge in [-0.15, -0.1) is 0 Å². The number of thiazole rings is 1. The van der Waals surface area contributed by atoms with Crippen LogP contribution in [0.25, 0.3) is 10.3 Å². The van der Waals surface area contributed by atoms with Crippen molar-refractivity contribution in [3.05, 3.63) is 48.2 Å². The lowest BCUT2D eigenvalue weighted by atomic mass is 10.2. The van der Waals surface area contributed by atoms with Crippen molar-refractivity contribution in [1.82, 2.24) is 9.97 Å². The Labute approximate surface area is 108 Å². The van der Waals surface area contributed by atoms with E-state index in [0.717, 1.165) is 16.0 Å². The van der Waals surface area contributed by atoms with Gasteiger partial charge in [-0.25, -0.2) is 9.97 Å². The molecule has 0 atom stereocenters. The average Bonchev–Trinajstić information content (AvgIpc) is 2.77. The summed E-state index contributed by atoms with van der Waals surface area (Å²) in [6.45, 7) is 0.530. The molecule has 90 valence electrons. The number of nitrogens with zero attached hydrogens (tertiary/aromatic N) is 2. The molecule has 0 saturated carbocycles. The van der Waals surface area contributed by atoms with Crippen LogP contribution in [0, 0.1) is 0 Å². The lowest BCUT2D eigenvalue weighted by Gasteiger charge is -2.05. The van der Waals surface area contributed by atoms with Crippen LogP contribution in [-0.2, 0) is 6.61 Å². The molecule has 1 aromatic carbocycles. The van der Waals surface area contributed by atoms with E-state index in [1.807, 2.05) is 36.4 Å². The third-order valence-corrected chi connectivity index (χ3v) is 3.31. The van der Waals surface area contributed by atoms with Crippen LogP contribution >= 0.6 is 11.3 Å². The predicted octanol–water partition coefficient (Wildman–Crippen LogP) is 2.85. The first kappa shape index (κ1) is 11.0. The molecule has 18 heavy (non-hydrogen) atoms. The fourth-order valence-corrected chi connectivity index (χ4v) is 2.36. The van der Waals surface area contributed by atoms with Crippen LogP contribution in [0.4, 0.5) is 5.13 Å². The minimum absolute atomic E-state index is 0.526. The number of anilines is 1. The number of hydrogen-bond donors (Lipinski definition) is 1. The first-order chi connectivity index (χ1) is 8.81. The van der Waals surface area contributed by atoms with Crippen LogP contribution in [0.1, 0.15) is 5.56 Å². The maximum atomic E-state index is 5.68. The van der Waals surface area contributed by atoms with Crippen LogP contribution in [0.2, 0.25) is 0 Å². The molecule has 0 spiro atoms. The summed E-state index contributed by atoms with van der Waals surface area (Å²) in [5, 5.41) is 0.526. The van der Waals surface area contributed by atoms with Crippen molar-refractivity contribution in [2.24, 2.45) is 0 Å². The van der Waals surface area contributed by atoms with Gasteiger partial charge in [0.2, 0.25) is 0 Å². The number of rotatable bonds is 3. The standard InChI is InChI=1S/C13H11N3OS/c14-13-16-12-11(18-13)6-10(7-15-12)17-8-9-4-2-1-3-5-9/h1-7H,8H2,(H2,14,15,16). The summed E-state index contributed by atoms with van der Waals surface area (Å²) in [5.41, 5.74) is 7.43. The normalized spacial score (nSPS) is 10.7. The highest BCUT2D eigenvalue weighted by atomic mass is 32.1. The van der Waals surface area contributed by atoms with Crippen LogP contribution < -0.4 is 10.5 Å². The topological polar surface area (TPSA) is 61.0 Å². The van der Waals surface area contributed by atoms with Crippen LogP contribution in [0.5, 0.6) is 5.75 Å². The van der Waals surface area contributed by atoms with Gasteiger partial charge in [0.1, 0.15) is 12.4 Å². The minimum atomic E-state index is 0.526. The minimum Gasteiger partial charge on any atom is -0.487 e. The fraction of sp³-hybridized carbons (Fsp3) is 0.0769. The highest BCUT2D eigenvalue weighted by Crippen LogP contribution is 2.25. The van der Waals surface area contributed by atoms with Crippen LogP contribution in [-0.4, -0.2) is 9.97 Å². The van der Waals surface area contributed by atoms with Crippen molar-refractivity contribution in [2.75, 3.05) is 5.73 Å². The number of aromatic nitrogens is 2. The van der Waals surface area contributed by atoms with E-state index in [1.54, 1.807) is 6.20 Å². The van der Waals surface area contributed by atoms with Crippen LogP contribution in [0.3, 0.4) is 0 Å². The summed E-state index contributed by atoms with van der Waals surface area (Å²) in [6, 6.07) is 11.9. The zero-order chi connectivity index (χ0) is 12.4. The van der Waals surface area contributed by atoms with E-state index in [4.69, 9.17) is 10.5 Å². The predicted molar refractivity (Wildman–Crippen MR) is 72.6 cm³/mol. The van der Waals surface area contributed by atoms with Gasteiger partial charge >= 0.3 is 0 Å². The van der Waals surface area contributed by atoms with Gasteiger partial charge in [0.05, 0.1) is 10.9 Å². The summed E-state index contributed by atoms with van der Waals surface area (Å²) in [7, 11) is 0. The molecule has 0 radical (unpaired) electrons. The highest BCUT2D eigenvalue weighted by Gasteiger charge is 2.04. The third kappa shape index (κ3) is 2.26. The molecule has 2 N–H and O–H groups in total. The van der Waals surface area contributed by atoms with Gasteiger partial charge in [0, 0.05) is 6.07 Å². The average molecular weight is 257 g/mol. The van der Waals surface area contributed by atoms with Gasteiger partial charge in [-0.2, -0.15) is 0 Å². The van der Waals surface area contributed by atoms with Crippen molar-refractivity contribution in [3.8, 4) is 5.75 Å². The Hall–Kier alpha value is -2.14. The summed E-state index contributed by atoms with van der Waals surface area (Å²) in [4.78, 5) is 8.31. The lowest BCUT2D eigenvalue weighted by molar-refractivity contribution is 0.305. The van der Waals surface area contributed by atoms with Gasteiger partial charge in [-0.1, -0.05) is 41.7 Å². The Balaban J connectivity index is 1.78. The maximum absolute atomic E-state index is 5.68. The molecule has 0 unspecified atom stereocenters. The number of pyridine rings is 1. The Morgan fingerprint density at radius 3 is 2.89 bits per heavy atom. The Morgan fingerprint density at radius 2 is 2.06 bits per heavy atom. The highest BCUT2D eigenvalue weighted by molar-refractivity contribution is 7.22. The molecule has 3 rings (SSSR count). The molecular weight excluding hydrogens is 246 g/mol. The molecule has 0 aliphatic heterocycles. The van der Waals surface area contributed by atoms with E-state index in [-0.39, 0.29) is 0 Å². The third-order valence-electron chi connectivity index (χ3n) is 2.49. The second-order valence-corrected chi connectivity index (χ2v) is 4.88. The molecule has 2 heterocycles. The van der Waals surface area contributed by atoms with Crippen molar-refractivity contribution in [3.63, 3.8) is 0 Å². The first-order valence-electron chi connectivity index (χ1n) is 5.50. The quantitative estimate of drug-likeness (QED) is 0.783. The van der Waals surface area contributed by atoms with Crippen molar-refractivity contribution >= 4 is 26.8 Å². The number of hydrogen-bond acceptors (Lipinski definition) is 5. The summed E-state index contributed by atoms with van der Waals surface area (Å²) < 4.78 is 6.63. The van der Waals surface area contributed by atoms with Gasteiger partial charge < -0.3 is 10.5 Å². The van der Waals surface area contributed by atoms with Crippen molar-refractivity contribution in [1.29, 1.82) is 0 Å². The van der Waals surface area contributed by atoms with E-state index in [0.29, 0.717) is 17.4 Å². The van der Waals surface area contributed by atoms with E-state index < -0.39 is 0 Å². The Kier molecular flexibility index (Phi) is 2.82. The molecule has 2 aromatic heterocycles. The molecule has 0 fully saturated rings. The number of ether oxygens (including phenoxy) is 1. The van der Waals surface area contributed by atoms with Gasteiger partial charge in [0.25, 0.3) is 0 Å². The van der Waals surface area contributed by atoms with Crippen LogP contribution in [0.15, 0.2) is 42.6 Å². The zero-order valence-electron chi connectivity index (χ0n) is 9.54. The smallest absolute Gasteiger partial charge is 0.182 e. The molecular formula is C13H11N3OS.